The van der Waals surface area contributed by atoms with Gasteiger partial charge in [0.2, 0.25) is 0 Å². The zero-order chi connectivity index (χ0) is 13.6. The average Bonchev–Trinajstić information content (AvgIpc) is 2.30. The van der Waals surface area contributed by atoms with Crippen LogP contribution in [0.1, 0.15) is 78.1 Å². The van der Waals surface area contributed by atoms with Crippen molar-refractivity contribution in [1.82, 2.24) is 0 Å². The monoisotopic (exact) mass is 385 g/mol. The molecule has 0 aliphatic carbocycles. The smallest absolute Gasteiger partial charge is 0.103 e. The fraction of sp³-hybridized carbons (Fsp3) is 1.00. The van der Waals surface area contributed by atoms with E-state index in [0.29, 0.717) is 0 Å². The Bertz CT molecular complexity index is 165. The molecule has 2 N–H and O–H groups in total. The maximum atomic E-state index is 9.26. The normalized spacial score (nSPS) is 13.9. The van der Waals surface area contributed by atoms with E-state index in [-0.39, 0.29) is 30.1 Å². The first kappa shape index (κ1) is 21.9. The van der Waals surface area contributed by atoms with Crippen molar-refractivity contribution >= 4 is 0 Å². The Hall–Kier alpha value is 0.650. The number of unbranched alkanes of at least 4 members (excludes halogenated alkanes) is 9. The van der Waals surface area contributed by atoms with E-state index in [4.69, 9.17) is 0 Å². The number of likely N-dealkylation sites (N-methyl/N-ethyl adjacent to an activating group) is 1. The predicted octanol–water partition coefficient (Wildman–Crippen LogP) is -0.193. The van der Waals surface area contributed by atoms with Crippen molar-refractivity contribution in [1.29, 1.82) is 0 Å². The third-order valence-electron chi connectivity index (χ3n) is 3.60. The summed E-state index contributed by atoms with van der Waals surface area (Å²) in [7, 11) is 2.18. The van der Waals surface area contributed by atoms with Crippen LogP contribution in [0.15, 0.2) is 0 Å². The molecule has 0 saturated carbocycles. The van der Waals surface area contributed by atoms with Crippen LogP contribution in [-0.4, -0.2) is 31.3 Å². The van der Waals surface area contributed by atoms with Gasteiger partial charge in [-0.05, 0) is 19.8 Å². The minimum absolute atomic E-state index is 0. The second-order valence-corrected chi connectivity index (χ2v) is 5.94. The summed E-state index contributed by atoms with van der Waals surface area (Å²) >= 11 is 0. The number of halogens is 1. The van der Waals surface area contributed by atoms with Crippen LogP contribution in [0.25, 0.3) is 0 Å². The summed E-state index contributed by atoms with van der Waals surface area (Å²) in [5, 5.41) is 9.26. The molecule has 0 saturated heterocycles. The summed E-state index contributed by atoms with van der Waals surface area (Å²) in [6.45, 7) is 6.25. The van der Waals surface area contributed by atoms with Gasteiger partial charge in [-0.2, -0.15) is 0 Å². The molecule has 2 atom stereocenters. The van der Waals surface area contributed by atoms with Crippen LogP contribution in [0.3, 0.4) is 0 Å². The second kappa shape index (κ2) is 16.7. The van der Waals surface area contributed by atoms with Crippen LogP contribution in [0.4, 0.5) is 0 Å². The van der Waals surface area contributed by atoms with E-state index in [0.717, 1.165) is 6.54 Å². The number of nitrogens with one attached hydrogen (secondary N) is 1. The molecule has 0 aromatic rings. The number of aliphatic hydroxyl groups is 1. The molecule has 0 aromatic carbocycles. The molecule has 0 aliphatic heterocycles. The minimum Gasteiger partial charge on any atom is -1.00 e. The number of hydrogen-bond acceptors (Lipinski definition) is 1. The third kappa shape index (κ3) is 18.6. The van der Waals surface area contributed by atoms with Gasteiger partial charge in [0.15, 0.2) is 0 Å². The summed E-state index contributed by atoms with van der Waals surface area (Å²) in [6, 6.07) is 0. The fourth-order valence-electron chi connectivity index (χ4n) is 2.52. The number of aliphatic hydroxyl groups excluding tert-OH is 1. The number of rotatable bonds is 13. The van der Waals surface area contributed by atoms with Gasteiger partial charge in [0.1, 0.15) is 12.6 Å². The largest absolute Gasteiger partial charge is 1.00 e. The van der Waals surface area contributed by atoms with Crippen LogP contribution in [0.2, 0.25) is 0 Å². The number of quaternary nitrogens is 1. The topological polar surface area (TPSA) is 24.7 Å². The van der Waals surface area contributed by atoms with Gasteiger partial charge in [-0.25, -0.2) is 0 Å². The maximum absolute atomic E-state index is 9.26. The molecular formula is C16H36INO. The van der Waals surface area contributed by atoms with Gasteiger partial charge < -0.3 is 34.0 Å². The molecule has 118 valence electrons. The van der Waals surface area contributed by atoms with E-state index >= 15 is 0 Å². The molecule has 0 rings (SSSR count). The molecule has 0 aromatic heterocycles. The van der Waals surface area contributed by atoms with Gasteiger partial charge in [-0.1, -0.05) is 58.3 Å². The summed E-state index contributed by atoms with van der Waals surface area (Å²) in [6.07, 6.45) is 13.8. The fourth-order valence-corrected chi connectivity index (χ4v) is 2.52. The average molecular weight is 385 g/mol. The highest BCUT2D eigenvalue weighted by atomic mass is 127. The first-order valence-corrected chi connectivity index (χ1v) is 8.16. The second-order valence-electron chi connectivity index (χ2n) is 5.94. The highest BCUT2D eigenvalue weighted by Crippen LogP contribution is 2.09. The first-order chi connectivity index (χ1) is 8.66. The molecule has 2 nitrogen and oxygen atoms in total. The molecule has 0 bridgehead atoms. The number of hydrogen-bond donors (Lipinski definition) is 2. The predicted molar refractivity (Wildman–Crippen MR) is 80.1 cm³/mol. The van der Waals surface area contributed by atoms with Crippen LogP contribution in [-0.2, 0) is 0 Å². The van der Waals surface area contributed by atoms with E-state index in [1.54, 1.807) is 0 Å². The summed E-state index contributed by atoms with van der Waals surface area (Å²) in [5.74, 6) is 0. The van der Waals surface area contributed by atoms with Crippen LogP contribution < -0.4 is 28.9 Å². The van der Waals surface area contributed by atoms with E-state index in [1.807, 2.05) is 6.92 Å². The van der Waals surface area contributed by atoms with E-state index in [9.17, 15) is 5.11 Å². The lowest BCUT2D eigenvalue weighted by molar-refractivity contribution is -0.882. The quantitative estimate of drug-likeness (QED) is 0.333. The van der Waals surface area contributed by atoms with Crippen molar-refractivity contribution in [2.75, 3.05) is 20.1 Å². The van der Waals surface area contributed by atoms with E-state index in [2.05, 4.69) is 14.0 Å². The Morgan fingerprint density at radius 1 is 0.842 bits per heavy atom. The lowest BCUT2D eigenvalue weighted by Crippen LogP contribution is -3.10. The zero-order valence-corrected chi connectivity index (χ0v) is 15.5. The molecule has 0 heterocycles. The van der Waals surface area contributed by atoms with Gasteiger partial charge in [0.05, 0.1) is 13.6 Å². The van der Waals surface area contributed by atoms with Gasteiger partial charge in [-0.15, -0.1) is 0 Å². The van der Waals surface area contributed by atoms with Crippen molar-refractivity contribution < 1.29 is 34.0 Å². The Kier molecular flexibility index (Phi) is 19.3. The summed E-state index contributed by atoms with van der Waals surface area (Å²) in [4.78, 5) is 1.46. The van der Waals surface area contributed by atoms with Crippen LogP contribution >= 0.6 is 0 Å². The van der Waals surface area contributed by atoms with Crippen LogP contribution in [0.5, 0.6) is 0 Å². The molecule has 0 radical (unpaired) electrons. The summed E-state index contributed by atoms with van der Waals surface area (Å²) in [5.41, 5.74) is 0. The van der Waals surface area contributed by atoms with E-state index < -0.39 is 0 Å². The SMILES string of the molecule is CCCCCCCCCCCC[NH+](C)CC(C)O.[I-]. The molecule has 19 heavy (non-hydrogen) atoms. The molecular weight excluding hydrogens is 349 g/mol. The highest BCUT2D eigenvalue weighted by Gasteiger charge is 2.05. The van der Waals surface area contributed by atoms with Gasteiger partial charge >= 0.3 is 0 Å². The maximum Gasteiger partial charge on any atom is 0.103 e. The lowest BCUT2D eigenvalue weighted by Gasteiger charge is -2.15. The molecule has 0 aliphatic rings. The zero-order valence-electron chi connectivity index (χ0n) is 13.4. The van der Waals surface area contributed by atoms with Crippen molar-refractivity contribution in [3.05, 3.63) is 0 Å². The molecule has 0 amide bonds. The molecule has 0 spiro atoms. The Morgan fingerprint density at radius 3 is 1.68 bits per heavy atom. The first-order valence-electron chi connectivity index (χ1n) is 8.16. The lowest BCUT2D eigenvalue weighted by atomic mass is 10.1. The van der Waals surface area contributed by atoms with Gasteiger partial charge in [0, 0.05) is 0 Å². The Labute approximate surface area is 138 Å². The van der Waals surface area contributed by atoms with Crippen LogP contribution in [0, 0.1) is 0 Å². The molecule has 3 heteroatoms. The van der Waals surface area contributed by atoms with Gasteiger partial charge in [-0.3, -0.25) is 0 Å². The van der Waals surface area contributed by atoms with Gasteiger partial charge in [0.25, 0.3) is 0 Å². The molecule has 0 fully saturated rings. The van der Waals surface area contributed by atoms with Crippen molar-refractivity contribution in [2.45, 2.75) is 84.2 Å². The minimum atomic E-state index is -0.159. The highest BCUT2D eigenvalue weighted by molar-refractivity contribution is 4.47. The summed E-state index contributed by atoms with van der Waals surface area (Å²) < 4.78 is 0. The molecule has 2 unspecified atom stereocenters. The Balaban J connectivity index is 0. The Morgan fingerprint density at radius 2 is 1.26 bits per heavy atom. The van der Waals surface area contributed by atoms with Crippen molar-refractivity contribution in [3.63, 3.8) is 0 Å². The van der Waals surface area contributed by atoms with E-state index in [1.165, 1.54) is 75.7 Å². The standard InChI is InChI=1S/C16H35NO.HI/c1-4-5-6-7-8-9-10-11-12-13-14-17(3)15-16(2)18;/h16,18H,4-15H2,1-3H3;1H. The van der Waals surface area contributed by atoms with Crippen molar-refractivity contribution in [2.24, 2.45) is 0 Å². The third-order valence-corrected chi connectivity index (χ3v) is 3.60. The van der Waals surface area contributed by atoms with Crippen molar-refractivity contribution in [3.8, 4) is 0 Å².